The molecule has 2 aromatic rings. The number of benzene rings is 1. The van der Waals surface area contributed by atoms with E-state index in [0.717, 1.165) is 0 Å². The molecule has 1 fully saturated rings. The Hall–Kier alpha value is -0.560. The SMILES string of the molecule is C[C@H]1O[C@H](n2c(Cl)nc3cc(Cl)c(Cl)cc32)[C@H](O)[C@@H]1O. The molecule has 3 rings (SSSR count). The van der Waals surface area contributed by atoms with Crippen molar-refractivity contribution >= 4 is 45.8 Å². The molecule has 1 aromatic heterocycles. The first-order valence-electron chi connectivity index (χ1n) is 5.94. The second kappa shape index (κ2) is 5.02. The van der Waals surface area contributed by atoms with Crippen molar-refractivity contribution in [3.8, 4) is 0 Å². The van der Waals surface area contributed by atoms with Crippen molar-refractivity contribution in [1.82, 2.24) is 9.55 Å². The van der Waals surface area contributed by atoms with Crippen LogP contribution in [0.2, 0.25) is 15.3 Å². The van der Waals surface area contributed by atoms with Crippen LogP contribution >= 0.6 is 34.8 Å². The van der Waals surface area contributed by atoms with Gasteiger partial charge < -0.3 is 14.9 Å². The first-order chi connectivity index (χ1) is 9.40. The molecule has 0 radical (unpaired) electrons. The van der Waals surface area contributed by atoms with Crippen molar-refractivity contribution in [3.63, 3.8) is 0 Å². The van der Waals surface area contributed by atoms with E-state index in [0.29, 0.717) is 21.1 Å². The maximum absolute atomic E-state index is 10.1. The molecule has 0 spiro atoms. The highest BCUT2D eigenvalue weighted by molar-refractivity contribution is 6.42. The van der Waals surface area contributed by atoms with Crippen LogP contribution in [-0.4, -0.2) is 38.1 Å². The molecular weight excluding hydrogens is 327 g/mol. The zero-order valence-corrected chi connectivity index (χ0v) is 12.6. The Morgan fingerprint density at radius 1 is 1.15 bits per heavy atom. The molecule has 0 bridgehead atoms. The van der Waals surface area contributed by atoms with Gasteiger partial charge in [0.15, 0.2) is 6.23 Å². The van der Waals surface area contributed by atoms with E-state index >= 15 is 0 Å². The summed E-state index contributed by atoms with van der Waals surface area (Å²) < 4.78 is 7.05. The number of imidazole rings is 1. The fourth-order valence-electron chi connectivity index (χ4n) is 2.34. The van der Waals surface area contributed by atoms with Crippen LogP contribution in [0.25, 0.3) is 11.0 Å². The summed E-state index contributed by atoms with van der Waals surface area (Å²) in [5.74, 6) is 0. The topological polar surface area (TPSA) is 67.5 Å². The van der Waals surface area contributed by atoms with Crippen LogP contribution in [0.5, 0.6) is 0 Å². The van der Waals surface area contributed by atoms with E-state index in [4.69, 9.17) is 39.5 Å². The summed E-state index contributed by atoms with van der Waals surface area (Å²) in [6.07, 6.45) is -3.42. The van der Waals surface area contributed by atoms with Gasteiger partial charge >= 0.3 is 0 Å². The van der Waals surface area contributed by atoms with Crippen LogP contribution in [0.4, 0.5) is 0 Å². The van der Waals surface area contributed by atoms with E-state index in [2.05, 4.69) is 4.98 Å². The van der Waals surface area contributed by atoms with Gasteiger partial charge in [-0.3, -0.25) is 4.57 Å². The van der Waals surface area contributed by atoms with Gasteiger partial charge in [-0.15, -0.1) is 0 Å². The van der Waals surface area contributed by atoms with Gasteiger partial charge in [-0.25, -0.2) is 4.98 Å². The zero-order chi connectivity index (χ0) is 14.6. The third kappa shape index (κ3) is 2.09. The molecule has 8 heteroatoms. The molecule has 5 nitrogen and oxygen atoms in total. The predicted molar refractivity (Wildman–Crippen MR) is 76.4 cm³/mol. The molecule has 2 N–H and O–H groups in total. The van der Waals surface area contributed by atoms with E-state index in [1.54, 1.807) is 19.1 Å². The third-order valence-electron chi connectivity index (χ3n) is 3.42. The van der Waals surface area contributed by atoms with Crippen molar-refractivity contribution < 1.29 is 14.9 Å². The molecule has 108 valence electrons. The minimum absolute atomic E-state index is 0.128. The van der Waals surface area contributed by atoms with E-state index in [1.807, 2.05) is 0 Å². The molecule has 0 aliphatic carbocycles. The number of aromatic nitrogens is 2. The highest BCUT2D eigenvalue weighted by Gasteiger charge is 2.42. The van der Waals surface area contributed by atoms with Gasteiger partial charge in [0.05, 0.1) is 27.2 Å². The third-order valence-corrected chi connectivity index (χ3v) is 4.41. The Bertz CT molecular complexity index is 676. The largest absolute Gasteiger partial charge is 0.388 e. The Morgan fingerprint density at radius 3 is 2.40 bits per heavy atom. The number of fused-ring (bicyclic) bond motifs is 1. The lowest BCUT2D eigenvalue weighted by Crippen LogP contribution is -2.30. The van der Waals surface area contributed by atoms with Gasteiger partial charge in [0.1, 0.15) is 12.2 Å². The van der Waals surface area contributed by atoms with E-state index in [9.17, 15) is 10.2 Å². The van der Waals surface area contributed by atoms with Crippen LogP contribution in [0.1, 0.15) is 13.2 Å². The van der Waals surface area contributed by atoms with Crippen molar-refractivity contribution in [2.45, 2.75) is 31.5 Å². The lowest BCUT2D eigenvalue weighted by Gasteiger charge is -2.18. The minimum atomic E-state index is -1.10. The normalized spacial score (nSPS) is 30.3. The molecule has 4 atom stereocenters. The molecule has 0 saturated carbocycles. The number of hydrogen-bond acceptors (Lipinski definition) is 4. The first-order valence-corrected chi connectivity index (χ1v) is 7.07. The molecule has 1 aliphatic rings. The number of aliphatic hydroxyl groups is 2. The molecule has 20 heavy (non-hydrogen) atoms. The maximum atomic E-state index is 10.1. The minimum Gasteiger partial charge on any atom is -0.388 e. The summed E-state index contributed by atoms with van der Waals surface area (Å²) in [6, 6.07) is 3.19. The summed E-state index contributed by atoms with van der Waals surface area (Å²) in [5.41, 5.74) is 1.11. The molecule has 2 heterocycles. The average Bonchev–Trinajstić information content (AvgIpc) is 2.81. The van der Waals surface area contributed by atoms with Gasteiger partial charge in [0.25, 0.3) is 0 Å². The lowest BCUT2D eigenvalue weighted by molar-refractivity contribution is -0.0294. The Labute approximate surface area is 129 Å². The Balaban J connectivity index is 2.17. The lowest BCUT2D eigenvalue weighted by atomic mass is 10.1. The van der Waals surface area contributed by atoms with Gasteiger partial charge in [-0.1, -0.05) is 23.2 Å². The van der Waals surface area contributed by atoms with Crippen LogP contribution in [-0.2, 0) is 4.74 Å². The Kier molecular flexibility index (Phi) is 3.61. The van der Waals surface area contributed by atoms with Gasteiger partial charge in [-0.05, 0) is 30.7 Å². The highest BCUT2D eigenvalue weighted by atomic mass is 35.5. The average molecular weight is 338 g/mol. The summed E-state index contributed by atoms with van der Waals surface area (Å²) in [7, 11) is 0. The number of halogens is 3. The Morgan fingerprint density at radius 2 is 1.80 bits per heavy atom. The summed E-state index contributed by atoms with van der Waals surface area (Å²) in [5, 5.41) is 20.7. The van der Waals surface area contributed by atoms with Crippen molar-refractivity contribution in [1.29, 1.82) is 0 Å². The predicted octanol–water partition coefficient (Wildman–Crippen LogP) is 2.64. The number of aliphatic hydroxyl groups excluding tert-OH is 2. The van der Waals surface area contributed by atoms with Crippen LogP contribution in [0.15, 0.2) is 12.1 Å². The maximum Gasteiger partial charge on any atom is 0.206 e. The van der Waals surface area contributed by atoms with Gasteiger partial charge in [0.2, 0.25) is 5.28 Å². The standard InChI is InChI=1S/C12H11Cl3N2O3/c1-4-9(18)10(19)11(20-4)17-8-3-6(14)5(13)2-7(8)16-12(17)15/h2-4,9-11,18-19H,1H3/t4-,9-,10-,11+/m1/s1. The van der Waals surface area contributed by atoms with E-state index in [-0.39, 0.29) is 5.28 Å². The fraction of sp³-hybridized carbons (Fsp3) is 0.417. The second-order valence-corrected chi connectivity index (χ2v) is 5.87. The van der Waals surface area contributed by atoms with Crippen molar-refractivity contribution in [2.75, 3.05) is 0 Å². The summed E-state index contributed by atoms with van der Waals surface area (Å²) in [6.45, 7) is 1.67. The molecule has 1 saturated heterocycles. The van der Waals surface area contributed by atoms with Crippen LogP contribution < -0.4 is 0 Å². The molecule has 0 unspecified atom stereocenters. The smallest absolute Gasteiger partial charge is 0.206 e. The van der Waals surface area contributed by atoms with Crippen molar-refractivity contribution in [3.05, 3.63) is 27.5 Å². The molecule has 0 amide bonds. The number of hydrogen-bond donors (Lipinski definition) is 2. The summed E-state index contributed by atoms with van der Waals surface area (Å²) in [4.78, 5) is 4.16. The monoisotopic (exact) mass is 336 g/mol. The van der Waals surface area contributed by atoms with Crippen LogP contribution in [0, 0.1) is 0 Å². The van der Waals surface area contributed by atoms with Crippen LogP contribution in [0.3, 0.4) is 0 Å². The summed E-state index contributed by atoms with van der Waals surface area (Å²) >= 11 is 18.0. The van der Waals surface area contributed by atoms with Crippen molar-refractivity contribution in [2.24, 2.45) is 0 Å². The molecule has 1 aliphatic heterocycles. The molecular formula is C12H11Cl3N2O3. The quantitative estimate of drug-likeness (QED) is 0.839. The van der Waals surface area contributed by atoms with E-state index < -0.39 is 24.5 Å². The number of ether oxygens (including phenoxy) is 1. The van der Waals surface area contributed by atoms with Gasteiger partial charge in [-0.2, -0.15) is 0 Å². The fourth-order valence-corrected chi connectivity index (χ4v) is 2.94. The molecule has 1 aromatic carbocycles. The first kappa shape index (κ1) is 14.4. The van der Waals surface area contributed by atoms with E-state index in [1.165, 1.54) is 4.57 Å². The number of nitrogens with zero attached hydrogens (tertiary/aromatic N) is 2. The van der Waals surface area contributed by atoms with Gasteiger partial charge in [0, 0.05) is 0 Å². The highest BCUT2D eigenvalue weighted by Crippen LogP contribution is 2.36. The number of rotatable bonds is 1. The second-order valence-electron chi connectivity index (χ2n) is 4.72. The zero-order valence-electron chi connectivity index (χ0n) is 10.3.